The van der Waals surface area contributed by atoms with Crippen LogP contribution < -0.4 is 10.6 Å². The summed E-state index contributed by atoms with van der Waals surface area (Å²) in [5.74, 6) is -0.323. The van der Waals surface area contributed by atoms with E-state index in [-0.39, 0.29) is 23.6 Å². The van der Waals surface area contributed by atoms with E-state index in [0.717, 1.165) is 0 Å². The number of hydrogen-bond donors (Lipinski definition) is 2. The first-order valence-electron chi connectivity index (χ1n) is 7.98. The van der Waals surface area contributed by atoms with Gasteiger partial charge in [0, 0.05) is 37.3 Å². The van der Waals surface area contributed by atoms with E-state index in [0.29, 0.717) is 37.2 Å². The Hall–Kier alpha value is -1.93. The van der Waals surface area contributed by atoms with E-state index in [4.69, 9.17) is 0 Å². The standard InChI is InChI=1S/C16H23N3O4S/c1-3-24(22,23)19-9-7-14(8-10-19)18-16(21)13-5-4-6-15(11-13)17-12(2)20/h4-6,11,14H,3,7-10H2,1-2H3,(H,17,20)(H,18,21). The lowest BCUT2D eigenvalue weighted by Gasteiger charge is -2.31. The maximum atomic E-state index is 12.3. The molecule has 1 aromatic rings. The lowest BCUT2D eigenvalue weighted by Crippen LogP contribution is -2.46. The first kappa shape index (κ1) is 18.4. The summed E-state index contributed by atoms with van der Waals surface area (Å²) in [4.78, 5) is 23.4. The topological polar surface area (TPSA) is 95.6 Å². The van der Waals surface area contributed by atoms with Gasteiger partial charge in [-0.1, -0.05) is 6.07 Å². The molecule has 1 fully saturated rings. The molecular formula is C16H23N3O4S. The molecule has 1 aromatic carbocycles. The van der Waals surface area contributed by atoms with Crippen molar-refractivity contribution in [1.29, 1.82) is 0 Å². The molecule has 0 aliphatic carbocycles. The Morgan fingerprint density at radius 2 is 1.92 bits per heavy atom. The van der Waals surface area contributed by atoms with Crippen molar-refractivity contribution in [2.24, 2.45) is 0 Å². The number of rotatable bonds is 5. The number of nitrogens with zero attached hydrogens (tertiary/aromatic N) is 1. The number of benzene rings is 1. The van der Waals surface area contributed by atoms with Crippen LogP contribution in [0.5, 0.6) is 0 Å². The van der Waals surface area contributed by atoms with Gasteiger partial charge in [-0.25, -0.2) is 12.7 Å². The normalized spacial score (nSPS) is 16.6. The predicted octanol–water partition coefficient (Wildman–Crippen LogP) is 1.19. The van der Waals surface area contributed by atoms with Crippen molar-refractivity contribution < 1.29 is 18.0 Å². The highest BCUT2D eigenvalue weighted by Gasteiger charge is 2.27. The van der Waals surface area contributed by atoms with E-state index in [1.165, 1.54) is 11.2 Å². The summed E-state index contributed by atoms with van der Waals surface area (Å²) < 4.78 is 25.1. The second kappa shape index (κ2) is 7.76. The first-order valence-corrected chi connectivity index (χ1v) is 9.59. The quantitative estimate of drug-likeness (QED) is 0.831. The molecule has 2 rings (SSSR count). The largest absolute Gasteiger partial charge is 0.349 e. The zero-order valence-corrected chi connectivity index (χ0v) is 14.7. The Labute approximate surface area is 142 Å². The molecule has 1 aliphatic rings. The fourth-order valence-electron chi connectivity index (χ4n) is 2.67. The molecule has 1 aliphatic heterocycles. The molecule has 0 spiro atoms. The molecule has 0 bridgehead atoms. The second-order valence-electron chi connectivity index (χ2n) is 5.81. The van der Waals surface area contributed by atoms with Crippen LogP contribution >= 0.6 is 0 Å². The molecule has 24 heavy (non-hydrogen) atoms. The third-order valence-corrected chi connectivity index (χ3v) is 5.87. The average Bonchev–Trinajstić information content (AvgIpc) is 2.55. The van der Waals surface area contributed by atoms with E-state index >= 15 is 0 Å². The van der Waals surface area contributed by atoms with Gasteiger partial charge in [0.15, 0.2) is 0 Å². The van der Waals surface area contributed by atoms with Crippen molar-refractivity contribution in [3.8, 4) is 0 Å². The van der Waals surface area contributed by atoms with Crippen molar-refractivity contribution in [3.63, 3.8) is 0 Å². The Morgan fingerprint density at radius 1 is 1.25 bits per heavy atom. The minimum atomic E-state index is -3.16. The van der Waals surface area contributed by atoms with Gasteiger partial charge in [0.25, 0.3) is 5.91 Å². The van der Waals surface area contributed by atoms with Crippen LogP contribution in [0.25, 0.3) is 0 Å². The van der Waals surface area contributed by atoms with Crippen molar-refractivity contribution in [2.45, 2.75) is 32.7 Å². The Balaban J connectivity index is 1.93. The highest BCUT2D eigenvalue weighted by Crippen LogP contribution is 2.16. The highest BCUT2D eigenvalue weighted by atomic mass is 32.2. The zero-order valence-electron chi connectivity index (χ0n) is 13.9. The molecule has 132 valence electrons. The average molecular weight is 353 g/mol. The number of hydrogen-bond acceptors (Lipinski definition) is 4. The number of nitrogens with one attached hydrogen (secondary N) is 2. The number of amides is 2. The molecule has 0 atom stereocenters. The van der Waals surface area contributed by atoms with Crippen molar-refractivity contribution >= 4 is 27.5 Å². The minimum Gasteiger partial charge on any atom is -0.349 e. The first-order chi connectivity index (χ1) is 11.3. The summed E-state index contributed by atoms with van der Waals surface area (Å²) in [5.41, 5.74) is 1.03. The van der Waals surface area contributed by atoms with Gasteiger partial charge in [0.1, 0.15) is 0 Å². The summed E-state index contributed by atoms with van der Waals surface area (Å²) in [7, 11) is -3.16. The zero-order chi connectivity index (χ0) is 17.7. The summed E-state index contributed by atoms with van der Waals surface area (Å²) in [5, 5.41) is 5.57. The Bertz CT molecular complexity index is 710. The van der Waals surface area contributed by atoms with Crippen LogP contribution in [0.3, 0.4) is 0 Å². The predicted molar refractivity (Wildman–Crippen MR) is 92.3 cm³/mol. The lowest BCUT2D eigenvalue weighted by molar-refractivity contribution is -0.114. The number of carbonyl (C=O) groups excluding carboxylic acids is 2. The summed E-state index contributed by atoms with van der Waals surface area (Å²) in [6, 6.07) is 6.67. The molecule has 0 saturated carbocycles. The maximum absolute atomic E-state index is 12.3. The van der Waals surface area contributed by atoms with E-state index < -0.39 is 10.0 Å². The van der Waals surface area contributed by atoms with Gasteiger partial charge < -0.3 is 10.6 Å². The third-order valence-electron chi connectivity index (χ3n) is 3.99. The number of carbonyl (C=O) groups is 2. The molecule has 2 N–H and O–H groups in total. The number of sulfonamides is 1. The van der Waals surface area contributed by atoms with Crippen LogP contribution in [-0.2, 0) is 14.8 Å². The summed E-state index contributed by atoms with van der Waals surface area (Å²) in [6.45, 7) is 3.89. The molecule has 0 radical (unpaired) electrons. The van der Waals surface area contributed by atoms with Gasteiger partial charge in [0.2, 0.25) is 15.9 Å². The van der Waals surface area contributed by atoms with Crippen LogP contribution in [0.1, 0.15) is 37.0 Å². The van der Waals surface area contributed by atoms with E-state index in [9.17, 15) is 18.0 Å². The molecule has 0 aromatic heterocycles. The molecule has 0 unspecified atom stereocenters. The van der Waals surface area contributed by atoms with E-state index in [1.54, 1.807) is 31.2 Å². The monoisotopic (exact) mass is 353 g/mol. The summed E-state index contributed by atoms with van der Waals surface area (Å²) >= 11 is 0. The lowest BCUT2D eigenvalue weighted by atomic mass is 10.1. The molecule has 1 heterocycles. The molecular weight excluding hydrogens is 330 g/mol. The highest BCUT2D eigenvalue weighted by molar-refractivity contribution is 7.89. The fraction of sp³-hybridized carbons (Fsp3) is 0.500. The second-order valence-corrected chi connectivity index (χ2v) is 8.07. The number of anilines is 1. The van der Waals surface area contributed by atoms with Gasteiger partial charge in [-0.15, -0.1) is 0 Å². The SMILES string of the molecule is CCS(=O)(=O)N1CCC(NC(=O)c2cccc(NC(C)=O)c2)CC1. The summed E-state index contributed by atoms with van der Waals surface area (Å²) in [6.07, 6.45) is 1.19. The van der Waals surface area contributed by atoms with Crippen LogP contribution in [0, 0.1) is 0 Å². The van der Waals surface area contributed by atoms with Crippen LogP contribution in [0.15, 0.2) is 24.3 Å². The van der Waals surface area contributed by atoms with Gasteiger partial charge in [-0.3, -0.25) is 9.59 Å². The van der Waals surface area contributed by atoms with Gasteiger partial charge in [0.05, 0.1) is 5.75 Å². The number of piperidine rings is 1. The van der Waals surface area contributed by atoms with Crippen LogP contribution in [-0.4, -0.2) is 49.4 Å². The molecule has 1 saturated heterocycles. The minimum absolute atomic E-state index is 0.0507. The Morgan fingerprint density at radius 3 is 2.50 bits per heavy atom. The van der Waals surface area contributed by atoms with Crippen molar-refractivity contribution in [2.75, 3.05) is 24.2 Å². The van der Waals surface area contributed by atoms with Gasteiger partial charge in [-0.2, -0.15) is 0 Å². The van der Waals surface area contributed by atoms with Crippen molar-refractivity contribution in [3.05, 3.63) is 29.8 Å². The van der Waals surface area contributed by atoms with Crippen molar-refractivity contribution in [1.82, 2.24) is 9.62 Å². The fourth-order valence-corrected chi connectivity index (χ4v) is 3.80. The van der Waals surface area contributed by atoms with Gasteiger partial charge >= 0.3 is 0 Å². The molecule has 2 amide bonds. The van der Waals surface area contributed by atoms with Crippen LogP contribution in [0.4, 0.5) is 5.69 Å². The smallest absolute Gasteiger partial charge is 0.251 e. The van der Waals surface area contributed by atoms with E-state index in [2.05, 4.69) is 10.6 Å². The molecule has 7 nitrogen and oxygen atoms in total. The van der Waals surface area contributed by atoms with Crippen LogP contribution in [0.2, 0.25) is 0 Å². The van der Waals surface area contributed by atoms with Gasteiger partial charge in [-0.05, 0) is 38.0 Å². The van der Waals surface area contributed by atoms with E-state index in [1.807, 2.05) is 0 Å². The Kier molecular flexibility index (Phi) is 5.95. The third kappa shape index (κ3) is 4.78. The molecule has 8 heteroatoms. The maximum Gasteiger partial charge on any atom is 0.251 e.